The third kappa shape index (κ3) is 4.93. The molecule has 32 heavy (non-hydrogen) atoms. The van der Waals surface area contributed by atoms with Crippen LogP contribution in [0.4, 0.5) is 0 Å². The van der Waals surface area contributed by atoms with Crippen LogP contribution < -0.4 is 0 Å². The Kier molecular flexibility index (Phi) is 7.05. The van der Waals surface area contributed by atoms with Gasteiger partial charge in [0.05, 0.1) is 24.6 Å². The zero-order valence-electron chi connectivity index (χ0n) is 17.9. The van der Waals surface area contributed by atoms with Crippen LogP contribution in [0.5, 0.6) is 0 Å². The van der Waals surface area contributed by atoms with Crippen molar-refractivity contribution in [2.75, 3.05) is 32.1 Å². The van der Waals surface area contributed by atoms with Gasteiger partial charge in [0.1, 0.15) is 11.6 Å². The van der Waals surface area contributed by atoms with E-state index in [1.165, 1.54) is 4.90 Å². The minimum Gasteiger partial charge on any atom is -0.378 e. The molecule has 3 aromatic rings. The molecule has 1 aliphatic rings. The average molecular weight is 445 g/mol. The van der Waals surface area contributed by atoms with Crippen LogP contribution in [0.3, 0.4) is 0 Å². The summed E-state index contributed by atoms with van der Waals surface area (Å²) in [5.41, 5.74) is 3.39. The van der Waals surface area contributed by atoms with Gasteiger partial charge in [0, 0.05) is 35.3 Å². The van der Waals surface area contributed by atoms with Crippen molar-refractivity contribution in [2.45, 2.75) is 11.8 Å². The van der Waals surface area contributed by atoms with Crippen LogP contribution in [0.15, 0.2) is 71.3 Å². The number of para-hydroxylation sites is 1. The number of thioether (sulfide) groups is 1. The van der Waals surface area contributed by atoms with Gasteiger partial charge in [-0.1, -0.05) is 37.3 Å². The monoisotopic (exact) mass is 444 g/mol. The van der Waals surface area contributed by atoms with Crippen molar-refractivity contribution in [2.24, 2.45) is 0 Å². The summed E-state index contributed by atoms with van der Waals surface area (Å²) < 4.78 is 7.11. The Morgan fingerprint density at radius 2 is 1.88 bits per heavy atom. The van der Waals surface area contributed by atoms with Crippen molar-refractivity contribution in [1.29, 1.82) is 5.26 Å². The molecule has 0 N–H and O–H groups in total. The first-order valence-electron chi connectivity index (χ1n) is 10.6. The Bertz CT molecular complexity index is 1140. The minimum absolute atomic E-state index is 0.0962. The summed E-state index contributed by atoms with van der Waals surface area (Å²) in [7, 11) is 0. The summed E-state index contributed by atoms with van der Waals surface area (Å²) in [4.78, 5) is 15.8. The molecule has 162 valence electrons. The van der Waals surface area contributed by atoms with Crippen molar-refractivity contribution in [1.82, 2.24) is 14.7 Å². The van der Waals surface area contributed by atoms with E-state index < -0.39 is 0 Å². The summed E-state index contributed by atoms with van der Waals surface area (Å²) in [6.07, 6.45) is 3.51. The Balaban J connectivity index is 1.75. The van der Waals surface area contributed by atoms with E-state index in [-0.39, 0.29) is 11.5 Å². The molecule has 1 fully saturated rings. The molecule has 0 unspecified atom stereocenters. The van der Waals surface area contributed by atoms with Crippen LogP contribution in [0, 0.1) is 11.3 Å². The van der Waals surface area contributed by atoms with E-state index in [1.54, 1.807) is 27.4 Å². The van der Waals surface area contributed by atoms with Crippen molar-refractivity contribution in [3.63, 3.8) is 0 Å². The number of carbonyl (C=O) groups excluding carboxylic acids is 1. The molecule has 4 rings (SSSR count). The van der Waals surface area contributed by atoms with Crippen LogP contribution >= 0.6 is 11.8 Å². The van der Waals surface area contributed by atoms with E-state index in [4.69, 9.17) is 9.84 Å². The number of amides is 1. The zero-order valence-corrected chi connectivity index (χ0v) is 18.7. The fourth-order valence-corrected chi connectivity index (χ4v) is 4.20. The number of aromatic nitrogens is 2. The summed E-state index contributed by atoms with van der Waals surface area (Å²) >= 11 is 1.78. The third-order valence-corrected chi connectivity index (χ3v) is 6.05. The van der Waals surface area contributed by atoms with Gasteiger partial charge in [-0.15, -0.1) is 11.8 Å². The topological polar surface area (TPSA) is 71.2 Å². The Hall–Kier alpha value is -3.34. The minimum atomic E-state index is -0.274. The number of ether oxygens (including phenoxy) is 1. The predicted molar refractivity (Wildman–Crippen MR) is 126 cm³/mol. The largest absolute Gasteiger partial charge is 0.378 e. The highest BCUT2D eigenvalue weighted by Gasteiger charge is 2.22. The van der Waals surface area contributed by atoms with E-state index in [1.807, 2.05) is 48.7 Å². The maximum absolute atomic E-state index is 12.9. The van der Waals surface area contributed by atoms with E-state index >= 15 is 0 Å². The highest BCUT2D eigenvalue weighted by atomic mass is 32.2. The lowest BCUT2D eigenvalue weighted by Crippen LogP contribution is -2.41. The highest BCUT2D eigenvalue weighted by Crippen LogP contribution is 2.28. The number of hydrogen-bond donors (Lipinski definition) is 0. The quantitative estimate of drug-likeness (QED) is 0.320. The van der Waals surface area contributed by atoms with Crippen molar-refractivity contribution in [3.05, 3.63) is 71.9 Å². The Morgan fingerprint density at radius 1 is 1.16 bits per heavy atom. The molecule has 0 spiro atoms. The maximum Gasteiger partial charge on any atom is 0.264 e. The smallest absolute Gasteiger partial charge is 0.264 e. The van der Waals surface area contributed by atoms with Crippen molar-refractivity contribution < 1.29 is 9.53 Å². The number of benzene rings is 2. The second-order valence-corrected chi connectivity index (χ2v) is 8.58. The molecule has 7 heteroatoms. The fraction of sp³-hybridized carbons (Fsp3) is 0.240. The van der Waals surface area contributed by atoms with Gasteiger partial charge >= 0.3 is 0 Å². The lowest BCUT2D eigenvalue weighted by molar-refractivity contribution is -0.130. The number of hydrogen-bond acceptors (Lipinski definition) is 5. The van der Waals surface area contributed by atoms with E-state index in [2.05, 4.69) is 25.1 Å². The lowest BCUT2D eigenvalue weighted by atomic mass is 10.1. The first kappa shape index (κ1) is 21.9. The molecule has 0 bridgehead atoms. The normalized spacial score (nSPS) is 14.2. The van der Waals surface area contributed by atoms with E-state index in [0.717, 1.165) is 28.3 Å². The number of carbonyl (C=O) groups is 1. The number of nitriles is 1. The SMILES string of the molecule is CCSc1ccc(-c2nn(-c3ccccc3)cc2/C=C(/C#N)C(=O)N2CCOCC2)cc1. The molecule has 1 saturated heterocycles. The van der Waals surface area contributed by atoms with Crippen LogP contribution in [-0.4, -0.2) is 52.6 Å². The van der Waals surface area contributed by atoms with E-state index in [9.17, 15) is 10.1 Å². The van der Waals surface area contributed by atoms with Crippen LogP contribution in [-0.2, 0) is 9.53 Å². The van der Waals surface area contributed by atoms with Crippen LogP contribution in [0.25, 0.3) is 23.0 Å². The molecule has 2 heterocycles. The second kappa shape index (κ2) is 10.3. The molecule has 1 aliphatic heterocycles. The molecular weight excluding hydrogens is 420 g/mol. The summed E-state index contributed by atoms with van der Waals surface area (Å²) in [6.45, 7) is 4.08. The zero-order chi connectivity index (χ0) is 22.3. The Morgan fingerprint density at radius 3 is 2.53 bits per heavy atom. The highest BCUT2D eigenvalue weighted by molar-refractivity contribution is 7.99. The number of nitrogens with zero attached hydrogens (tertiary/aromatic N) is 4. The molecular formula is C25H24N4O2S. The summed E-state index contributed by atoms with van der Waals surface area (Å²) in [5, 5.41) is 14.5. The molecule has 1 amide bonds. The lowest BCUT2D eigenvalue weighted by Gasteiger charge is -2.26. The van der Waals surface area contributed by atoms with Gasteiger partial charge in [-0.05, 0) is 36.1 Å². The molecule has 0 radical (unpaired) electrons. The van der Waals surface area contributed by atoms with Gasteiger partial charge in [0.25, 0.3) is 5.91 Å². The van der Waals surface area contributed by atoms with E-state index in [0.29, 0.717) is 26.3 Å². The van der Waals surface area contributed by atoms with Gasteiger partial charge in [0.2, 0.25) is 0 Å². The van der Waals surface area contributed by atoms with Crippen molar-refractivity contribution >= 4 is 23.7 Å². The van der Waals surface area contributed by atoms with Gasteiger partial charge < -0.3 is 9.64 Å². The summed E-state index contributed by atoms with van der Waals surface area (Å²) in [6, 6.07) is 20.1. The van der Waals surface area contributed by atoms with Gasteiger partial charge in [-0.3, -0.25) is 4.79 Å². The molecule has 0 aliphatic carbocycles. The van der Waals surface area contributed by atoms with Gasteiger partial charge in [-0.2, -0.15) is 10.4 Å². The molecule has 0 saturated carbocycles. The fourth-order valence-electron chi connectivity index (χ4n) is 3.54. The molecule has 2 aromatic carbocycles. The standard InChI is InChI=1S/C25H24N4O2S/c1-2-32-23-10-8-19(9-11-23)24-21(18-29(27-24)22-6-4-3-5-7-22)16-20(17-26)25(30)28-12-14-31-15-13-28/h3-11,16,18H,2,12-15H2,1H3/b20-16-. The average Bonchev–Trinajstić information content (AvgIpc) is 3.28. The molecule has 6 nitrogen and oxygen atoms in total. The second-order valence-electron chi connectivity index (χ2n) is 7.24. The third-order valence-electron chi connectivity index (χ3n) is 5.15. The first-order chi connectivity index (χ1) is 15.7. The maximum atomic E-state index is 12.9. The molecule has 0 atom stereocenters. The van der Waals surface area contributed by atoms with Crippen LogP contribution in [0.2, 0.25) is 0 Å². The van der Waals surface area contributed by atoms with Crippen molar-refractivity contribution in [3.8, 4) is 23.0 Å². The first-order valence-corrected chi connectivity index (χ1v) is 11.6. The summed E-state index contributed by atoms with van der Waals surface area (Å²) in [5.74, 6) is 0.731. The Labute approximate surface area is 192 Å². The number of rotatable bonds is 6. The number of morpholine rings is 1. The molecule has 1 aromatic heterocycles. The van der Waals surface area contributed by atoms with Gasteiger partial charge in [0.15, 0.2) is 0 Å². The van der Waals surface area contributed by atoms with Crippen LogP contribution in [0.1, 0.15) is 12.5 Å². The van der Waals surface area contributed by atoms with Gasteiger partial charge in [-0.25, -0.2) is 4.68 Å². The predicted octanol–water partition coefficient (Wildman–Crippen LogP) is 4.42.